The molecule has 2 atom stereocenters. The maximum absolute atomic E-state index is 12.3. The predicted octanol–water partition coefficient (Wildman–Crippen LogP) is 3.58. The molecule has 106 valence electrons. The summed E-state index contributed by atoms with van der Waals surface area (Å²) >= 11 is 0. The van der Waals surface area contributed by atoms with Gasteiger partial charge in [-0.05, 0) is 31.2 Å². The zero-order valence-corrected chi connectivity index (χ0v) is 10.6. The maximum Gasteiger partial charge on any atom is 0.416 e. The molecule has 0 amide bonds. The lowest BCUT2D eigenvalue weighted by atomic mass is 10.0. The van der Waals surface area contributed by atoms with Crippen LogP contribution in [0.5, 0.6) is 5.75 Å². The minimum absolute atomic E-state index is 0.0538. The lowest BCUT2D eigenvalue weighted by Gasteiger charge is -2.20. The van der Waals surface area contributed by atoms with E-state index in [4.69, 9.17) is 9.84 Å². The van der Waals surface area contributed by atoms with Crippen molar-refractivity contribution in [3.05, 3.63) is 29.8 Å². The van der Waals surface area contributed by atoms with Crippen molar-refractivity contribution < 1.29 is 27.8 Å². The van der Waals surface area contributed by atoms with Crippen molar-refractivity contribution in [2.45, 2.75) is 32.5 Å². The van der Waals surface area contributed by atoms with Gasteiger partial charge in [0.05, 0.1) is 18.1 Å². The molecule has 0 heterocycles. The zero-order valence-electron chi connectivity index (χ0n) is 10.6. The van der Waals surface area contributed by atoms with Crippen molar-refractivity contribution in [1.82, 2.24) is 0 Å². The highest BCUT2D eigenvalue weighted by molar-refractivity contribution is 5.67. The van der Waals surface area contributed by atoms with Crippen LogP contribution in [0.2, 0.25) is 0 Å². The number of alkyl halides is 3. The molecule has 3 nitrogen and oxygen atoms in total. The number of carboxylic acids is 1. The van der Waals surface area contributed by atoms with E-state index in [0.717, 1.165) is 12.1 Å². The second kappa shape index (κ2) is 5.95. The molecule has 2 unspecified atom stereocenters. The van der Waals surface area contributed by atoms with E-state index in [1.807, 2.05) is 0 Å². The third-order valence-corrected chi connectivity index (χ3v) is 2.80. The number of benzene rings is 1. The summed E-state index contributed by atoms with van der Waals surface area (Å²) in [6.07, 6.45) is -4.82. The Morgan fingerprint density at radius 3 is 2.21 bits per heavy atom. The van der Waals surface area contributed by atoms with E-state index in [9.17, 15) is 18.0 Å². The number of ether oxygens (including phenoxy) is 1. The van der Waals surface area contributed by atoms with Gasteiger partial charge in [0.2, 0.25) is 0 Å². The molecule has 1 rings (SSSR count). The highest BCUT2D eigenvalue weighted by Crippen LogP contribution is 2.30. The van der Waals surface area contributed by atoms with Crippen molar-refractivity contribution >= 4 is 5.97 Å². The molecule has 19 heavy (non-hydrogen) atoms. The quantitative estimate of drug-likeness (QED) is 0.894. The Morgan fingerprint density at radius 1 is 1.26 bits per heavy atom. The fourth-order valence-corrected chi connectivity index (χ4v) is 1.49. The first kappa shape index (κ1) is 15.3. The van der Waals surface area contributed by atoms with Crippen molar-refractivity contribution in [2.75, 3.05) is 0 Å². The fourth-order valence-electron chi connectivity index (χ4n) is 1.49. The first-order valence-electron chi connectivity index (χ1n) is 5.76. The molecule has 0 aliphatic rings. The summed E-state index contributed by atoms with van der Waals surface area (Å²) in [6, 6.07) is 4.33. The Labute approximate surface area is 109 Å². The van der Waals surface area contributed by atoms with Crippen LogP contribution in [-0.4, -0.2) is 17.2 Å². The summed E-state index contributed by atoms with van der Waals surface area (Å²) in [5, 5.41) is 8.64. The normalized spacial score (nSPS) is 14.8. The first-order chi connectivity index (χ1) is 8.70. The summed E-state index contributed by atoms with van der Waals surface area (Å²) in [7, 11) is 0. The SMILES string of the molecule is CC(CC(=O)O)C(C)Oc1ccc(C(F)(F)F)cc1. The standard InChI is InChI=1S/C13H15F3O3/c1-8(7-12(17)18)9(2)19-11-5-3-10(4-6-11)13(14,15)16/h3-6,8-9H,7H2,1-2H3,(H,17,18). The van der Waals surface area contributed by atoms with E-state index in [1.165, 1.54) is 12.1 Å². The average Bonchev–Trinajstić information content (AvgIpc) is 2.27. The molecule has 0 aliphatic carbocycles. The van der Waals surface area contributed by atoms with Gasteiger partial charge in [-0.3, -0.25) is 4.79 Å². The molecule has 1 N–H and O–H groups in total. The topological polar surface area (TPSA) is 46.5 Å². The molecule has 0 fully saturated rings. The van der Waals surface area contributed by atoms with Gasteiger partial charge in [-0.2, -0.15) is 13.2 Å². The molecule has 0 radical (unpaired) electrons. The number of carboxylic acid groups (broad SMARTS) is 1. The second-order valence-electron chi connectivity index (χ2n) is 4.42. The van der Waals surface area contributed by atoms with Crippen molar-refractivity contribution in [3.8, 4) is 5.75 Å². The lowest BCUT2D eigenvalue weighted by Crippen LogP contribution is -2.23. The number of halogens is 3. The number of hydrogen-bond acceptors (Lipinski definition) is 2. The Kier molecular flexibility index (Phi) is 4.80. The fraction of sp³-hybridized carbons (Fsp3) is 0.462. The molecular weight excluding hydrogens is 261 g/mol. The van der Waals surface area contributed by atoms with E-state index in [0.29, 0.717) is 0 Å². The Balaban J connectivity index is 2.65. The van der Waals surface area contributed by atoms with Gasteiger partial charge in [0.1, 0.15) is 5.75 Å². The van der Waals surface area contributed by atoms with E-state index in [2.05, 4.69) is 0 Å². The zero-order chi connectivity index (χ0) is 14.6. The molecule has 0 aromatic heterocycles. The van der Waals surface area contributed by atoms with Crippen LogP contribution in [0.25, 0.3) is 0 Å². The first-order valence-corrected chi connectivity index (χ1v) is 5.76. The number of carbonyl (C=O) groups is 1. The van der Waals surface area contributed by atoms with E-state index >= 15 is 0 Å². The highest BCUT2D eigenvalue weighted by atomic mass is 19.4. The van der Waals surface area contributed by atoms with Crippen molar-refractivity contribution in [2.24, 2.45) is 5.92 Å². The Hall–Kier alpha value is -1.72. The Bertz CT molecular complexity index is 426. The van der Waals surface area contributed by atoms with Crippen LogP contribution in [0.1, 0.15) is 25.8 Å². The number of hydrogen-bond donors (Lipinski definition) is 1. The van der Waals surface area contributed by atoms with Crippen LogP contribution < -0.4 is 4.74 Å². The van der Waals surface area contributed by atoms with Gasteiger partial charge >= 0.3 is 12.1 Å². The van der Waals surface area contributed by atoms with Crippen LogP contribution in [0, 0.1) is 5.92 Å². The summed E-state index contributed by atoms with van der Waals surface area (Å²) in [5.74, 6) is -0.882. The molecule has 1 aromatic rings. The van der Waals surface area contributed by atoms with Gasteiger partial charge < -0.3 is 9.84 Å². The molecule has 0 saturated heterocycles. The predicted molar refractivity (Wildman–Crippen MR) is 63.0 cm³/mol. The third-order valence-electron chi connectivity index (χ3n) is 2.80. The van der Waals surface area contributed by atoms with Crippen LogP contribution in [0.3, 0.4) is 0 Å². The summed E-state index contributed by atoms with van der Waals surface area (Å²) < 4.78 is 42.5. The molecule has 0 saturated carbocycles. The minimum atomic E-state index is -4.37. The van der Waals surface area contributed by atoms with Gasteiger partial charge in [0, 0.05) is 5.92 Å². The van der Waals surface area contributed by atoms with Gasteiger partial charge in [-0.1, -0.05) is 6.92 Å². The number of aliphatic carboxylic acids is 1. The van der Waals surface area contributed by atoms with E-state index < -0.39 is 23.8 Å². The van der Waals surface area contributed by atoms with Crippen molar-refractivity contribution in [3.63, 3.8) is 0 Å². The summed E-state index contributed by atoms with van der Waals surface area (Å²) in [4.78, 5) is 10.5. The smallest absolute Gasteiger partial charge is 0.416 e. The summed E-state index contributed by atoms with van der Waals surface area (Å²) in [6.45, 7) is 3.40. The Morgan fingerprint density at radius 2 is 1.79 bits per heavy atom. The van der Waals surface area contributed by atoms with Gasteiger partial charge in [-0.25, -0.2) is 0 Å². The van der Waals surface area contributed by atoms with E-state index in [-0.39, 0.29) is 18.1 Å². The molecule has 1 aromatic carbocycles. The minimum Gasteiger partial charge on any atom is -0.490 e. The average molecular weight is 276 g/mol. The van der Waals surface area contributed by atoms with Crippen LogP contribution >= 0.6 is 0 Å². The van der Waals surface area contributed by atoms with Gasteiger partial charge in [0.15, 0.2) is 0 Å². The third kappa shape index (κ3) is 4.81. The highest BCUT2D eigenvalue weighted by Gasteiger charge is 2.30. The van der Waals surface area contributed by atoms with Crippen LogP contribution in [0.4, 0.5) is 13.2 Å². The van der Waals surface area contributed by atoms with Crippen LogP contribution in [-0.2, 0) is 11.0 Å². The molecule has 0 aliphatic heterocycles. The lowest BCUT2D eigenvalue weighted by molar-refractivity contribution is -0.139. The molecular formula is C13H15F3O3. The maximum atomic E-state index is 12.3. The molecule has 0 bridgehead atoms. The number of rotatable bonds is 5. The van der Waals surface area contributed by atoms with Gasteiger partial charge in [0.25, 0.3) is 0 Å². The summed E-state index contributed by atoms with van der Waals surface area (Å²) in [5.41, 5.74) is -0.744. The second-order valence-corrected chi connectivity index (χ2v) is 4.42. The molecule has 6 heteroatoms. The van der Waals surface area contributed by atoms with Gasteiger partial charge in [-0.15, -0.1) is 0 Å². The van der Waals surface area contributed by atoms with Crippen molar-refractivity contribution in [1.29, 1.82) is 0 Å². The van der Waals surface area contributed by atoms with E-state index in [1.54, 1.807) is 13.8 Å². The monoisotopic (exact) mass is 276 g/mol. The van der Waals surface area contributed by atoms with Crippen LogP contribution in [0.15, 0.2) is 24.3 Å². The largest absolute Gasteiger partial charge is 0.490 e. The molecule has 0 spiro atoms.